The van der Waals surface area contributed by atoms with Crippen LogP contribution in [0.5, 0.6) is 5.75 Å². The molecule has 2 aromatic rings. The fraction of sp³-hybridized carbons (Fsp3) is 0.111. The zero-order valence-corrected chi connectivity index (χ0v) is 8.62. The van der Waals surface area contributed by atoms with E-state index in [1.165, 1.54) is 0 Å². The Morgan fingerprint density at radius 1 is 1.00 bits per heavy atom. The van der Waals surface area contributed by atoms with Crippen molar-refractivity contribution in [2.75, 3.05) is 0 Å². The quantitative estimate of drug-likeness (QED) is 0.837. The first-order valence-corrected chi connectivity index (χ1v) is 4.63. The maximum atomic E-state index is 11.9. The predicted octanol–water partition coefficient (Wildman–Crippen LogP) is 0.752. The van der Waals surface area contributed by atoms with Gasteiger partial charge in [0.2, 0.25) is 0 Å². The van der Waals surface area contributed by atoms with E-state index in [0.717, 1.165) is 28.8 Å². The minimum Gasteiger partial charge on any atom is -0.406 e. The van der Waals surface area contributed by atoms with Crippen molar-refractivity contribution in [2.24, 2.45) is 0 Å². The molecule has 1 aromatic carbocycles. The molecule has 0 saturated carbocycles. The van der Waals surface area contributed by atoms with E-state index in [4.69, 9.17) is 0 Å². The van der Waals surface area contributed by atoms with Crippen molar-refractivity contribution in [2.45, 2.75) is 6.36 Å². The Morgan fingerprint density at radius 2 is 1.50 bits per heavy atom. The molecule has 0 atom stereocenters. The van der Waals surface area contributed by atoms with Gasteiger partial charge in [-0.05, 0) is 24.3 Å². The van der Waals surface area contributed by atoms with Crippen molar-refractivity contribution >= 4 is 0 Å². The average Bonchev–Trinajstić information content (AvgIpc) is 2.58. The van der Waals surface area contributed by atoms with Crippen LogP contribution in [-0.2, 0) is 0 Å². The highest BCUT2D eigenvalue weighted by Crippen LogP contribution is 2.22. The maximum Gasteiger partial charge on any atom is 0.573 e. The molecule has 0 unspecified atom stereocenters. The van der Waals surface area contributed by atoms with Gasteiger partial charge >= 0.3 is 17.7 Å². The third-order valence-corrected chi connectivity index (χ3v) is 2.01. The normalized spacial score (nSPS) is 11.5. The molecule has 1 aromatic heterocycles. The first-order valence-electron chi connectivity index (χ1n) is 4.63. The van der Waals surface area contributed by atoms with E-state index in [1.807, 2.05) is 10.2 Å². The van der Waals surface area contributed by atoms with Crippen LogP contribution in [0, 0.1) is 0 Å². The first-order chi connectivity index (χ1) is 8.37. The summed E-state index contributed by atoms with van der Waals surface area (Å²) in [5, 5.41) is 4.09. The molecular weight excluding hydrogens is 255 g/mol. The molecule has 1 heterocycles. The molecule has 2 N–H and O–H groups in total. The Bertz CT molecular complexity index is 623. The Kier molecular flexibility index (Phi) is 2.73. The maximum absolute atomic E-state index is 11.9. The number of rotatable bonds is 2. The monoisotopic (exact) mass is 261 g/mol. The van der Waals surface area contributed by atoms with Crippen molar-refractivity contribution in [1.82, 2.24) is 14.8 Å². The summed E-state index contributed by atoms with van der Waals surface area (Å²) < 4.78 is 40.1. The molecule has 0 radical (unpaired) electrons. The molecule has 0 bridgehead atoms. The van der Waals surface area contributed by atoms with E-state index in [1.54, 1.807) is 0 Å². The van der Waals surface area contributed by atoms with E-state index >= 15 is 0 Å². The topological polar surface area (TPSA) is 79.9 Å². The second-order valence-electron chi connectivity index (χ2n) is 3.24. The van der Waals surface area contributed by atoms with Crippen molar-refractivity contribution in [3.05, 3.63) is 45.2 Å². The fourth-order valence-corrected chi connectivity index (χ4v) is 1.34. The standard InChI is InChI=1S/C9H6F3N3O3/c10-9(11,12)18-6-3-1-5(2-4-6)15-7(16)13-14-8(15)17/h1-4H,(H,13,16)(H,14,17). The van der Waals surface area contributed by atoms with Crippen LogP contribution in [0.4, 0.5) is 13.2 Å². The number of hydrogen-bond donors (Lipinski definition) is 2. The summed E-state index contributed by atoms with van der Waals surface area (Å²) in [6.07, 6.45) is -4.79. The van der Waals surface area contributed by atoms with Gasteiger partial charge in [0.05, 0.1) is 5.69 Å². The summed E-state index contributed by atoms with van der Waals surface area (Å²) in [6, 6.07) is 4.32. The van der Waals surface area contributed by atoms with E-state index in [-0.39, 0.29) is 5.69 Å². The number of aromatic nitrogens is 3. The lowest BCUT2D eigenvalue weighted by Gasteiger charge is -2.08. The Labute approximate surface area is 96.6 Å². The van der Waals surface area contributed by atoms with Gasteiger partial charge in [0.25, 0.3) is 0 Å². The lowest BCUT2D eigenvalue weighted by molar-refractivity contribution is -0.274. The van der Waals surface area contributed by atoms with Gasteiger partial charge in [-0.3, -0.25) is 0 Å². The van der Waals surface area contributed by atoms with E-state index in [0.29, 0.717) is 0 Å². The number of ether oxygens (including phenoxy) is 1. The van der Waals surface area contributed by atoms with Gasteiger partial charge < -0.3 is 4.74 Å². The molecule has 96 valence electrons. The molecule has 9 heteroatoms. The lowest BCUT2D eigenvalue weighted by Crippen LogP contribution is -2.24. The Balaban J connectivity index is 2.34. The van der Waals surface area contributed by atoms with Crippen molar-refractivity contribution < 1.29 is 17.9 Å². The molecule has 0 spiro atoms. The smallest absolute Gasteiger partial charge is 0.406 e. The molecule has 0 aliphatic rings. The predicted molar refractivity (Wildman–Crippen MR) is 53.7 cm³/mol. The molecule has 18 heavy (non-hydrogen) atoms. The van der Waals surface area contributed by atoms with Gasteiger partial charge in [0, 0.05) is 0 Å². The van der Waals surface area contributed by atoms with E-state index in [2.05, 4.69) is 4.74 Å². The van der Waals surface area contributed by atoms with Crippen LogP contribution in [0.15, 0.2) is 33.9 Å². The molecule has 0 fully saturated rings. The Hall–Kier alpha value is -2.45. The van der Waals surface area contributed by atoms with Crippen molar-refractivity contribution in [3.63, 3.8) is 0 Å². The molecule has 0 amide bonds. The number of H-pyrrole nitrogens is 2. The zero-order valence-electron chi connectivity index (χ0n) is 8.62. The number of alkyl halides is 3. The molecular formula is C9H6F3N3O3. The lowest BCUT2D eigenvalue weighted by atomic mass is 10.3. The number of nitrogens with zero attached hydrogens (tertiary/aromatic N) is 1. The van der Waals surface area contributed by atoms with Crippen LogP contribution in [-0.4, -0.2) is 21.1 Å². The molecule has 2 rings (SSSR count). The SMILES string of the molecule is O=c1[nH][nH]c(=O)n1-c1ccc(OC(F)(F)F)cc1. The summed E-state index contributed by atoms with van der Waals surface area (Å²) in [6.45, 7) is 0. The summed E-state index contributed by atoms with van der Waals surface area (Å²) in [4.78, 5) is 22.4. The minimum absolute atomic E-state index is 0.122. The first kappa shape index (κ1) is 12.0. The number of halogens is 3. The summed E-state index contributed by atoms with van der Waals surface area (Å²) in [5.74, 6) is -0.439. The summed E-state index contributed by atoms with van der Waals surface area (Å²) >= 11 is 0. The number of benzene rings is 1. The highest BCUT2D eigenvalue weighted by molar-refractivity contribution is 5.37. The number of hydrogen-bond acceptors (Lipinski definition) is 3. The largest absolute Gasteiger partial charge is 0.573 e. The third kappa shape index (κ3) is 2.44. The summed E-state index contributed by atoms with van der Waals surface area (Å²) in [7, 11) is 0. The number of aromatic amines is 2. The van der Waals surface area contributed by atoms with Gasteiger partial charge in [0.1, 0.15) is 5.75 Å². The Morgan fingerprint density at radius 3 is 1.94 bits per heavy atom. The van der Waals surface area contributed by atoms with Crippen LogP contribution in [0.2, 0.25) is 0 Å². The highest BCUT2D eigenvalue weighted by Gasteiger charge is 2.30. The molecule has 0 aliphatic heterocycles. The minimum atomic E-state index is -4.79. The van der Waals surface area contributed by atoms with Crippen LogP contribution >= 0.6 is 0 Å². The van der Waals surface area contributed by atoms with E-state index in [9.17, 15) is 22.8 Å². The highest BCUT2D eigenvalue weighted by atomic mass is 19.4. The van der Waals surface area contributed by atoms with Gasteiger partial charge in [-0.25, -0.2) is 24.4 Å². The van der Waals surface area contributed by atoms with Gasteiger partial charge in [-0.15, -0.1) is 13.2 Å². The molecule has 0 saturated heterocycles. The molecule has 6 nitrogen and oxygen atoms in total. The molecule has 0 aliphatic carbocycles. The second kappa shape index (κ2) is 4.09. The van der Waals surface area contributed by atoms with Crippen LogP contribution in [0.25, 0.3) is 5.69 Å². The van der Waals surface area contributed by atoms with Gasteiger partial charge in [-0.1, -0.05) is 0 Å². The second-order valence-corrected chi connectivity index (χ2v) is 3.24. The zero-order chi connectivity index (χ0) is 13.3. The average molecular weight is 261 g/mol. The van der Waals surface area contributed by atoms with Crippen LogP contribution < -0.4 is 16.1 Å². The van der Waals surface area contributed by atoms with Crippen LogP contribution in [0.3, 0.4) is 0 Å². The number of nitrogens with one attached hydrogen (secondary N) is 2. The van der Waals surface area contributed by atoms with E-state index < -0.39 is 23.5 Å². The summed E-state index contributed by atoms with van der Waals surface area (Å²) in [5.41, 5.74) is -1.31. The third-order valence-electron chi connectivity index (χ3n) is 2.01. The van der Waals surface area contributed by atoms with Crippen molar-refractivity contribution in [1.29, 1.82) is 0 Å². The van der Waals surface area contributed by atoms with Gasteiger partial charge in [-0.2, -0.15) is 0 Å². The fourth-order valence-electron chi connectivity index (χ4n) is 1.34. The van der Waals surface area contributed by atoms with Gasteiger partial charge in [0.15, 0.2) is 0 Å². The van der Waals surface area contributed by atoms with Crippen LogP contribution in [0.1, 0.15) is 0 Å². The van der Waals surface area contributed by atoms with Crippen molar-refractivity contribution in [3.8, 4) is 11.4 Å².